The summed E-state index contributed by atoms with van der Waals surface area (Å²) >= 11 is 0. The Hall–Kier alpha value is -4.70. The number of aromatic hydroxyl groups is 4. The van der Waals surface area contributed by atoms with Gasteiger partial charge in [-0.2, -0.15) is 0 Å². The van der Waals surface area contributed by atoms with Gasteiger partial charge < -0.3 is 20.4 Å². The Morgan fingerprint density at radius 1 is 0.364 bits per heavy atom. The fourth-order valence-corrected chi connectivity index (χ4v) is 7.20. The van der Waals surface area contributed by atoms with Gasteiger partial charge in [0.1, 0.15) is 23.0 Å². The highest BCUT2D eigenvalue weighted by molar-refractivity contribution is 5.62. The molecule has 5 aromatic carbocycles. The molecular weight excluding hydrogens is 544 g/mol. The van der Waals surface area contributed by atoms with E-state index in [2.05, 4.69) is 30.3 Å². The van der Waals surface area contributed by atoms with E-state index in [4.69, 9.17) is 0 Å². The van der Waals surface area contributed by atoms with Crippen molar-refractivity contribution >= 4 is 0 Å². The van der Waals surface area contributed by atoms with E-state index in [-0.39, 0.29) is 23.0 Å². The molecule has 0 saturated heterocycles. The van der Waals surface area contributed by atoms with Crippen molar-refractivity contribution in [3.63, 3.8) is 0 Å². The average molecular weight is 587 g/mol. The summed E-state index contributed by atoms with van der Waals surface area (Å²) in [5.41, 5.74) is 12.2. The van der Waals surface area contributed by atoms with Crippen molar-refractivity contribution < 1.29 is 20.4 Å². The Morgan fingerprint density at radius 3 is 0.841 bits per heavy atom. The number of aryl methyl sites for hydroxylation is 8. The van der Waals surface area contributed by atoms with E-state index in [1.807, 2.05) is 73.6 Å². The van der Waals surface area contributed by atoms with Crippen molar-refractivity contribution in [2.45, 2.75) is 67.2 Å². The molecular formula is C40H42O4. The number of hydrogen-bond donors (Lipinski definition) is 4. The SMILES string of the molecule is Cc1cc(C)c(C(c2cccc(C(c3c(C)cc(C)cc3O)c3c(C)cc(C)cc3O)c2)c2c(C)cc(C)cc2O)c(O)c1. The highest BCUT2D eigenvalue weighted by Crippen LogP contribution is 2.48. The molecule has 0 bridgehead atoms. The normalized spacial score (nSPS) is 11.5. The van der Waals surface area contributed by atoms with Gasteiger partial charge in [-0.1, -0.05) is 48.5 Å². The van der Waals surface area contributed by atoms with Crippen LogP contribution in [-0.4, -0.2) is 20.4 Å². The Labute approximate surface area is 260 Å². The maximum absolute atomic E-state index is 11.4. The van der Waals surface area contributed by atoms with Crippen LogP contribution in [0.25, 0.3) is 0 Å². The van der Waals surface area contributed by atoms with Crippen molar-refractivity contribution in [2.75, 3.05) is 0 Å². The number of hydrogen-bond acceptors (Lipinski definition) is 4. The lowest BCUT2D eigenvalue weighted by atomic mass is 9.76. The van der Waals surface area contributed by atoms with E-state index in [0.29, 0.717) is 0 Å². The van der Waals surface area contributed by atoms with Crippen LogP contribution in [0.1, 0.15) is 89.7 Å². The van der Waals surface area contributed by atoms with Gasteiger partial charge in [-0.05, 0) is 135 Å². The molecule has 0 heterocycles. The zero-order valence-corrected chi connectivity index (χ0v) is 26.9. The number of rotatable bonds is 6. The van der Waals surface area contributed by atoms with Gasteiger partial charge in [0, 0.05) is 34.1 Å². The topological polar surface area (TPSA) is 80.9 Å². The molecule has 4 nitrogen and oxygen atoms in total. The summed E-state index contributed by atoms with van der Waals surface area (Å²) in [6.07, 6.45) is 0. The molecule has 0 aliphatic heterocycles. The zero-order chi connectivity index (χ0) is 32.0. The van der Waals surface area contributed by atoms with Gasteiger partial charge in [-0.15, -0.1) is 0 Å². The van der Waals surface area contributed by atoms with Crippen molar-refractivity contribution in [3.05, 3.63) is 151 Å². The first-order valence-corrected chi connectivity index (χ1v) is 15.1. The molecule has 44 heavy (non-hydrogen) atoms. The highest BCUT2D eigenvalue weighted by Gasteiger charge is 2.30. The number of phenolic OH excluding ortho intramolecular Hbond substituents is 4. The first-order chi connectivity index (χ1) is 20.8. The molecule has 0 aromatic heterocycles. The van der Waals surface area contributed by atoms with Gasteiger partial charge in [0.05, 0.1) is 0 Å². The monoisotopic (exact) mass is 586 g/mol. The van der Waals surface area contributed by atoms with Crippen molar-refractivity contribution in [2.24, 2.45) is 0 Å². The van der Waals surface area contributed by atoms with E-state index in [1.54, 1.807) is 24.3 Å². The van der Waals surface area contributed by atoms with Crippen molar-refractivity contribution in [1.82, 2.24) is 0 Å². The second-order valence-electron chi connectivity index (χ2n) is 12.6. The third-order valence-corrected chi connectivity index (χ3v) is 8.77. The summed E-state index contributed by atoms with van der Waals surface area (Å²) in [5, 5.41) is 45.5. The first-order valence-electron chi connectivity index (χ1n) is 15.1. The molecule has 0 saturated carbocycles. The fourth-order valence-electron chi connectivity index (χ4n) is 7.20. The third-order valence-electron chi connectivity index (χ3n) is 8.77. The minimum Gasteiger partial charge on any atom is -0.508 e. The standard InChI is InChI=1S/C40H42O4/c1-21-12-25(5)35(31(41)16-21)39(36-26(6)13-22(2)17-32(36)42)29-10-9-11-30(20-29)40(37-27(7)14-23(3)18-33(37)43)38-28(8)15-24(4)19-34(38)44/h9-20,39-44H,1-8H3. The Kier molecular flexibility index (Phi) is 8.22. The van der Waals surface area contributed by atoms with Crippen LogP contribution in [-0.2, 0) is 0 Å². The van der Waals surface area contributed by atoms with Crippen LogP contribution in [0, 0.1) is 55.4 Å². The van der Waals surface area contributed by atoms with Crippen LogP contribution < -0.4 is 0 Å². The molecule has 0 aliphatic carbocycles. The van der Waals surface area contributed by atoms with Gasteiger partial charge in [-0.25, -0.2) is 0 Å². The summed E-state index contributed by atoms with van der Waals surface area (Å²) in [4.78, 5) is 0. The molecule has 5 aromatic rings. The maximum atomic E-state index is 11.4. The minimum absolute atomic E-state index is 0.174. The number of benzene rings is 5. The molecule has 0 spiro atoms. The largest absolute Gasteiger partial charge is 0.508 e. The predicted octanol–water partition coefficient (Wildman–Crippen LogP) is 9.34. The summed E-state index contributed by atoms with van der Waals surface area (Å²) < 4.78 is 0. The summed E-state index contributed by atoms with van der Waals surface area (Å²) in [6.45, 7) is 15.8. The zero-order valence-electron chi connectivity index (χ0n) is 26.9. The van der Waals surface area contributed by atoms with E-state index in [0.717, 1.165) is 77.9 Å². The fraction of sp³-hybridized carbons (Fsp3) is 0.250. The second kappa shape index (κ2) is 11.8. The highest BCUT2D eigenvalue weighted by atomic mass is 16.3. The van der Waals surface area contributed by atoms with Gasteiger partial charge in [-0.3, -0.25) is 0 Å². The van der Waals surface area contributed by atoms with Crippen molar-refractivity contribution in [1.29, 1.82) is 0 Å². The van der Waals surface area contributed by atoms with Crippen LogP contribution in [0.4, 0.5) is 0 Å². The lowest BCUT2D eigenvalue weighted by Gasteiger charge is -2.28. The van der Waals surface area contributed by atoms with E-state index >= 15 is 0 Å². The van der Waals surface area contributed by atoms with Crippen LogP contribution in [0.2, 0.25) is 0 Å². The quantitative estimate of drug-likeness (QED) is 0.149. The second-order valence-corrected chi connectivity index (χ2v) is 12.6. The molecule has 5 rings (SSSR count). The molecule has 0 atom stereocenters. The van der Waals surface area contributed by atoms with Crippen LogP contribution in [0.3, 0.4) is 0 Å². The molecule has 0 fully saturated rings. The minimum atomic E-state index is -0.475. The average Bonchev–Trinajstić information content (AvgIpc) is 2.89. The molecule has 226 valence electrons. The Morgan fingerprint density at radius 2 is 0.614 bits per heavy atom. The number of phenols is 4. The first kappa shape index (κ1) is 30.7. The maximum Gasteiger partial charge on any atom is 0.120 e. The summed E-state index contributed by atoms with van der Waals surface area (Å²) in [5.74, 6) is -0.254. The lowest BCUT2D eigenvalue weighted by molar-refractivity contribution is 0.456. The third kappa shape index (κ3) is 5.65. The predicted molar refractivity (Wildman–Crippen MR) is 179 cm³/mol. The van der Waals surface area contributed by atoms with Crippen LogP contribution in [0.15, 0.2) is 72.8 Å². The molecule has 0 amide bonds. The van der Waals surface area contributed by atoms with E-state index < -0.39 is 11.8 Å². The smallest absolute Gasteiger partial charge is 0.120 e. The van der Waals surface area contributed by atoms with Crippen LogP contribution >= 0.6 is 0 Å². The van der Waals surface area contributed by atoms with Gasteiger partial charge in [0.15, 0.2) is 0 Å². The lowest BCUT2D eigenvalue weighted by Crippen LogP contribution is -2.12. The molecule has 4 N–H and O–H groups in total. The van der Waals surface area contributed by atoms with Gasteiger partial charge in [0.2, 0.25) is 0 Å². The van der Waals surface area contributed by atoms with Gasteiger partial charge >= 0.3 is 0 Å². The Balaban J connectivity index is 1.84. The van der Waals surface area contributed by atoms with Crippen LogP contribution in [0.5, 0.6) is 23.0 Å². The van der Waals surface area contributed by atoms with E-state index in [1.165, 1.54) is 0 Å². The summed E-state index contributed by atoms with van der Waals surface area (Å²) in [7, 11) is 0. The Bertz CT molecular complexity index is 1560. The molecule has 0 unspecified atom stereocenters. The van der Waals surface area contributed by atoms with Gasteiger partial charge in [0.25, 0.3) is 0 Å². The van der Waals surface area contributed by atoms with E-state index in [9.17, 15) is 20.4 Å². The molecule has 0 aliphatic rings. The molecule has 0 radical (unpaired) electrons. The summed E-state index contributed by atoms with van der Waals surface area (Å²) in [6, 6.07) is 23.4. The van der Waals surface area contributed by atoms with Crippen molar-refractivity contribution in [3.8, 4) is 23.0 Å². The molecule has 4 heteroatoms.